The molecule has 1 N–H and O–H groups in total. The summed E-state index contributed by atoms with van der Waals surface area (Å²) >= 11 is 0. The van der Waals surface area contributed by atoms with Gasteiger partial charge in [0.2, 0.25) is 0 Å². The average molecular weight is 203 g/mol. The Labute approximate surface area is 92.9 Å². The van der Waals surface area contributed by atoms with Crippen molar-refractivity contribution in [2.24, 2.45) is 0 Å². The molecule has 0 spiro atoms. The minimum absolute atomic E-state index is 0.397. The van der Waals surface area contributed by atoms with Crippen LogP contribution in [0.1, 0.15) is 38.7 Å². The van der Waals surface area contributed by atoms with Crippen LogP contribution in [-0.2, 0) is 5.41 Å². The third-order valence-electron chi connectivity index (χ3n) is 3.71. The van der Waals surface area contributed by atoms with E-state index in [2.05, 4.69) is 49.5 Å². The molecule has 0 bridgehead atoms. The second-order valence-electron chi connectivity index (χ2n) is 4.92. The van der Waals surface area contributed by atoms with E-state index in [0.717, 1.165) is 12.6 Å². The Hall–Kier alpha value is -0.820. The Morgan fingerprint density at radius 3 is 2.73 bits per heavy atom. The number of nitrogens with one attached hydrogen (secondary N) is 1. The highest BCUT2D eigenvalue weighted by Crippen LogP contribution is 2.40. The Morgan fingerprint density at radius 2 is 2.07 bits per heavy atom. The van der Waals surface area contributed by atoms with Gasteiger partial charge in [-0.1, -0.05) is 44.2 Å². The average Bonchev–Trinajstić information content (AvgIpc) is 2.64. The maximum absolute atomic E-state index is 3.57. The smallest absolute Gasteiger partial charge is 0.00756 e. The van der Waals surface area contributed by atoms with Crippen LogP contribution < -0.4 is 5.32 Å². The lowest BCUT2D eigenvalue weighted by Crippen LogP contribution is -2.28. The first-order chi connectivity index (χ1) is 7.24. The van der Waals surface area contributed by atoms with Crippen LogP contribution in [0.5, 0.6) is 0 Å². The first-order valence-electron chi connectivity index (χ1n) is 6.03. The molecule has 2 atom stereocenters. The van der Waals surface area contributed by atoms with Gasteiger partial charge in [-0.3, -0.25) is 0 Å². The van der Waals surface area contributed by atoms with Crippen LogP contribution >= 0.6 is 0 Å². The summed E-state index contributed by atoms with van der Waals surface area (Å²) in [5.41, 5.74) is 1.90. The lowest BCUT2D eigenvalue weighted by atomic mass is 9.81. The molecule has 1 aliphatic rings. The van der Waals surface area contributed by atoms with Gasteiger partial charge in [0.25, 0.3) is 0 Å². The quantitative estimate of drug-likeness (QED) is 0.796. The molecule has 0 heterocycles. The van der Waals surface area contributed by atoms with Crippen molar-refractivity contribution >= 4 is 0 Å². The molecule has 0 amide bonds. The van der Waals surface area contributed by atoms with Gasteiger partial charge in [0, 0.05) is 6.04 Å². The standard InChI is InChI=1S/C14H21N/c1-3-15-13-9-10-14(2,11-13)12-7-5-4-6-8-12/h4-8,13,15H,3,9-11H2,1-2H3. The molecule has 82 valence electrons. The summed E-state index contributed by atoms with van der Waals surface area (Å²) in [6.07, 6.45) is 3.92. The molecule has 2 rings (SSSR count). The maximum atomic E-state index is 3.57. The fraction of sp³-hybridized carbons (Fsp3) is 0.571. The number of hydrogen-bond donors (Lipinski definition) is 1. The van der Waals surface area contributed by atoms with Crippen LogP contribution in [-0.4, -0.2) is 12.6 Å². The van der Waals surface area contributed by atoms with Crippen molar-refractivity contribution in [3.8, 4) is 0 Å². The zero-order valence-electron chi connectivity index (χ0n) is 9.79. The van der Waals surface area contributed by atoms with Crippen molar-refractivity contribution < 1.29 is 0 Å². The fourth-order valence-corrected chi connectivity index (χ4v) is 2.81. The van der Waals surface area contributed by atoms with Gasteiger partial charge in [0.05, 0.1) is 0 Å². The van der Waals surface area contributed by atoms with E-state index in [4.69, 9.17) is 0 Å². The monoisotopic (exact) mass is 203 g/mol. The van der Waals surface area contributed by atoms with Crippen LogP contribution in [0.2, 0.25) is 0 Å². The van der Waals surface area contributed by atoms with Crippen molar-refractivity contribution in [1.29, 1.82) is 0 Å². The Kier molecular flexibility index (Phi) is 3.11. The first-order valence-corrected chi connectivity index (χ1v) is 6.03. The molecule has 1 heteroatoms. The first kappa shape index (κ1) is 10.7. The summed E-state index contributed by atoms with van der Waals surface area (Å²) in [6.45, 7) is 5.69. The molecule has 15 heavy (non-hydrogen) atoms. The minimum Gasteiger partial charge on any atom is -0.314 e. The van der Waals surface area contributed by atoms with Gasteiger partial charge in [-0.15, -0.1) is 0 Å². The summed E-state index contributed by atoms with van der Waals surface area (Å²) in [4.78, 5) is 0. The Morgan fingerprint density at radius 1 is 1.33 bits per heavy atom. The molecule has 0 aliphatic heterocycles. The molecular weight excluding hydrogens is 182 g/mol. The third-order valence-corrected chi connectivity index (χ3v) is 3.71. The molecular formula is C14H21N. The summed E-state index contributed by atoms with van der Waals surface area (Å²) in [5, 5.41) is 3.57. The van der Waals surface area contributed by atoms with Gasteiger partial charge < -0.3 is 5.32 Å². The van der Waals surface area contributed by atoms with Crippen LogP contribution in [0.25, 0.3) is 0 Å². The molecule has 0 aromatic heterocycles. The molecule has 0 radical (unpaired) electrons. The van der Waals surface area contributed by atoms with Crippen LogP contribution in [0, 0.1) is 0 Å². The van der Waals surface area contributed by atoms with Crippen molar-refractivity contribution in [1.82, 2.24) is 5.32 Å². The molecule has 1 saturated carbocycles. The summed E-state index contributed by atoms with van der Waals surface area (Å²) < 4.78 is 0. The van der Waals surface area contributed by atoms with Gasteiger partial charge >= 0.3 is 0 Å². The van der Waals surface area contributed by atoms with Gasteiger partial charge in [-0.05, 0) is 36.8 Å². The minimum atomic E-state index is 0.397. The molecule has 0 saturated heterocycles. The summed E-state index contributed by atoms with van der Waals surface area (Å²) in [7, 11) is 0. The summed E-state index contributed by atoms with van der Waals surface area (Å²) in [6, 6.07) is 11.7. The number of rotatable bonds is 3. The van der Waals surface area contributed by atoms with Gasteiger partial charge in [0.15, 0.2) is 0 Å². The maximum Gasteiger partial charge on any atom is 0.00756 e. The van der Waals surface area contributed by atoms with Crippen LogP contribution in [0.3, 0.4) is 0 Å². The van der Waals surface area contributed by atoms with E-state index in [0.29, 0.717) is 5.41 Å². The number of benzene rings is 1. The van der Waals surface area contributed by atoms with E-state index in [1.54, 1.807) is 0 Å². The van der Waals surface area contributed by atoms with E-state index >= 15 is 0 Å². The van der Waals surface area contributed by atoms with E-state index < -0.39 is 0 Å². The van der Waals surface area contributed by atoms with Gasteiger partial charge in [-0.2, -0.15) is 0 Å². The topological polar surface area (TPSA) is 12.0 Å². The second kappa shape index (κ2) is 4.36. The van der Waals surface area contributed by atoms with E-state index in [9.17, 15) is 0 Å². The molecule has 1 aromatic rings. The van der Waals surface area contributed by atoms with Crippen molar-refractivity contribution in [2.45, 2.75) is 44.6 Å². The molecule has 1 fully saturated rings. The largest absolute Gasteiger partial charge is 0.314 e. The van der Waals surface area contributed by atoms with E-state index in [-0.39, 0.29) is 0 Å². The van der Waals surface area contributed by atoms with Crippen molar-refractivity contribution in [3.05, 3.63) is 35.9 Å². The lowest BCUT2D eigenvalue weighted by molar-refractivity contribution is 0.458. The zero-order chi connectivity index (χ0) is 10.7. The van der Waals surface area contributed by atoms with Crippen molar-refractivity contribution in [2.75, 3.05) is 6.54 Å². The Balaban J connectivity index is 2.10. The molecule has 2 unspecified atom stereocenters. The van der Waals surface area contributed by atoms with Crippen LogP contribution in [0.15, 0.2) is 30.3 Å². The van der Waals surface area contributed by atoms with Gasteiger partial charge in [-0.25, -0.2) is 0 Å². The number of hydrogen-bond acceptors (Lipinski definition) is 1. The van der Waals surface area contributed by atoms with Crippen LogP contribution in [0.4, 0.5) is 0 Å². The molecule has 1 nitrogen and oxygen atoms in total. The third kappa shape index (κ3) is 2.23. The van der Waals surface area contributed by atoms with E-state index in [1.165, 1.54) is 24.8 Å². The lowest BCUT2D eigenvalue weighted by Gasteiger charge is -2.25. The fourth-order valence-electron chi connectivity index (χ4n) is 2.81. The highest BCUT2D eigenvalue weighted by molar-refractivity contribution is 5.26. The molecule has 1 aliphatic carbocycles. The van der Waals surface area contributed by atoms with E-state index in [1.807, 2.05) is 0 Å². The highest BCUT2D eigenvalue weighted by Gasteiger charge is 2.35. The second-order valence-corrected chi connectivity index (χ2v) is 4.92. The molecule has 1 aromatic carbocycles. The normalized spacial score (nSPS) is 30.7. The zero-order valence-corrected chi connectivity index (χ0v) is 9.79. The highest BCUT2D eigenvalue weighted by atomic mass is 14.9. The SMILES string of the molecule is CCNC1CCC(C)(c2ccccc2)C1. The van der Waals surface area contributed by atoms with Gasteiger partial charge in [0.1, 0.15) is 0 Å². The predicted octanol–water partition coefficient (Wildman–Crippen LogP) is 3.11. The Bertz CT molecular complexity index is 306. The van der Waals surface area contributed by atoms with Crippen molar-refractivity contribution in [3.63, 3.8) is 0 Å². The summed E-state index contributed by atoms with van der Waals surface area (Å²) in [5.74, 6) is 0. The predicted molar refractivity (Wildman–Crippen MR) is 65.1 cm³/mol.